The first kappa shape index (κ1) is 38.3. The quantitative estimate of drug-likeness (QED) is 0.120. The number of anilines is 1. The number of carbonyl (C=O) groups is 2. The van der Waals surface area contributed by atoms with Gasteiger partial charge in [0.15, 0.2) is 0 Å². The fourth-order valence-corrected chi connectivity index (χ4v) is 11.8. The summed E-state index contributed by atoms with van der Waals surface area (Å²) in [5, 5.41) is 49.2. The molecule has 4 aliphatic carbocycles. The summed E-state index contributed by atoms with van der Waals surface area (Å²) in [7, 11) is 1.37. The zero-order valence-corrected chi connectivity index (χ0v) is 32.3. The van der Waals surface area contributed by atoms with E-state index in [0.29, 0.717) is 55.6 Å². The van der Waals surface area contributed by atoms with Gasteiger partial charge in [0, 0.05) is 23.9 Å². The van der Waals surface area contributed by atoms with Crippen molar-refractivity contribution in [2.45, 2.75) is 110 Å². The van der Waals surface area contributed by atoms with Crippen LogP contribution >= 0.6 is 0 Å². The van der Waals surface area contributed by atoms with E-state index < -0.39 is 29.7 Å². The molecule has 0 aliphatic heterocycles. The standard InChI is InChI=1S/C45H56N2O7/c1-26(10-17-38(50)51)32-15-16-33-40-34(23-37(49)44(32,33)4)43(3)20-21-45(53,24-30(43)22-36(40)48)19-18-28-11-13-29(14-12-28)25-46-41-31-8-6-7-9-35(31)47-27(2)39(41)42(52)54-5/h6-9,11-14,26,30,32-34,36-37,40,48-49,53H,10,15-17,20-25H2,1-5H3,(H,46,47)(H,50,51)/t26?,30?,32-,33?,34?,36?,37?,40?,43?,44?,45?/m1/s1. The predicted molar refractivity (Wildman–Crippen MR) is 207 cm³/mol. The van der Waals surface area contributed by atoms with E-state index in [2.05, 4.69) is 42.9 Å². The van der Waals surface area contributed by atoms with Gasteiger partial charge in [-0.2, -0.15) is 0 Å². The van der Waals surface area contributed by atoms with Crippen LogP contribution in [0.4, 0.5) is 5.69 Å². The Bertz CT molecular complexity index is 1970. The topological polar surface area (TPSA) is 149 Å². The number of hydrogen-bond acceptors (Lipinski definition) is 8. The van der Waals surface area contributed by atoms with Crippen LogP contribution in [0, 0.1) is 65.1 Å². The third-order valence-corrected chi connectivity index (χ3v) is 14.7. The van der Waals surface area contributed by atoms with Crippen molar-refractivity contribution >= 4 is 28.5 Å². The van der Waals surface area contributed by atoms with Crippen LogP contribution in [0.1, 0.15) is 106 Å². The van der Waals surface area contributed by atoms with E-state index in [0.717, 1.165) is 41.3 Å². The van der Waals surface area contributed by atoms with Gasteiger partial charge in [-0.3, -0.25) is 9.78 Å². The number of rotatable bonds is 8. The van der Waals surface area contributed by atoms with Crippen LogP contribution in [0.2, 0.25) is 0 Å². The molecule has 4 aliphatic rings. The van der Waals surface area contributed by atoms with Gasteiger partial charge in [-0.25, -0.2) is 4.79 Å². The van der Waals surface area contributed by atoms with Crippen molar-refractivity contribution in [3.63, 3.8) is 0 Å². The number of para-hydroxylation sites is 1. The molecule has 54 heavy (non-hydrogen) atoms. The lowest BCUT2D eigenvalue weighted by molar-refractivity contribution is -0.211. The van der Waals surface area contributed by atoms with Gasteiger partial charge in [0.1, 0.15) is 11.2 Å². The van der Waals surface area contributed by atoms with E-state index in [1.165, 1.54) is 7.11 Å². The van der Waals surface area contributed by atoms with Crippen LogP contribution in [0.3, 0.4) is 0 Å². The second-order valence-corrected chi connectivity index (χ2v) is 17.5. The van der Waals surface area contributed by atoms with Gasteiger partial charge in [0.25, 0.3) is 0 Å². The molecule has 9 nitrogen and oxygen atoms in total. The maximum Gasteiger partial charge on any atom is 0.341 e. The van der Waals surface area contributed by atoms with Crippen molar-refractivity contribution in [2.75, 3.05) is 12.4 Å². The minimum Gasteiger partial charge on any atom is -0.481 e. The van der Waals surface area contributed by atoms with Crippen LogP contribution in [0.5, 0.6) is 0 Å². The smallest absolute Gasteiger partial charge is 0.341 e. The number of aryl methyl sites for hydroxylation is 1. The highest BCUT2D eigenvalue weighted by molar-refractivity contribution is 6.06. The Morgan fingerprint density at radius 1 is 1.04 bits per heavy atom. The molecule has 0 radical (unpaired) electrons. The summed E-state index contributed by atoms with van der Waals surface area (Å²) >= 11 is 0. The fourth-order valence-electron chi connectivity index (χ4n) is 11.8. The highest BCUT2D eigenvalue weighted by atomic mass is 16.5. The van der Waals surface area contributed by atoms with Crippen molar-refractivity contribution < 1.29 is 34.8 Å². The number of hydrogen-bond donors (Lipinski definition) is 5. The number of aromatic nitrogens is 1. The van der Waals surface area contributed by atoms with Crippen LogP contribution < -0.4 is 5.32 Å². The number of aliphatic carboxylic acids is 1. The largest absolute Gasteiger partial charge is 0.481 e. The van der Waals surface area contributed by atoms with Crippen molar-refractivity contribution in [1.29, 1.82) is 0 Å². The Morgan fingerprint density at radius 3 is 2.50 bits per heavy atom. The number of carboxylic acid groups (broad SMARTS) is 1. The average molecular weight is 737 g/mol. The molecule has 1 aromatic heterocycles. The molecule has 2 aromatic carbocycles. The summed E-state index contributed by atoms with van der Waals surface area (Å²) in [5.74, 6) is 6.21. The fraction of sp³-hybridized carbons (Fsp3) is 0.578. The Hall–Kier alpha value is -3.97. The van der Waals surface area contributed by atoms with Crippen LogP contribution in [-0.4, -0.2) is 62.3 Å². The molecule has 10 unspecified atom stereocenters. The van der Waals surface area contributed by atoms with Crippen LogP contribution in [0.15, 0.2) is 48.5 Å². The Kier molecular flexibility index (Phi) is 10.4. The highest BCUT2D eigenvalue weighted by Crippen LogP contribution is 2.69. The summed E-state index contributed by atoms with van der Waals surface area (Å²) in [5.41, 5.74) is 2.67. The van der Waals surface area contributed by atoms with Gasteiger partial charge in [-0.1, -0.05) is 62.9 Å². The zero-order valence-electron chi connectivity index (χ0n) is 32.3. The molecule has 288 valence electrons. The van der Waals surface area contributed by atoms with E-state index in [4.69, 9.17) is 4.74 Å². The second kappa shape index (κ2) is 14.6. The van der Waals surface area contributed by atoms with E-state index in [9.17, 15) is 30.0 Å². The predicted octanol–water partition coefficient (Wildman–Crippen LogP) is 7.13. The Morgan fingerprint density at radius 2 is 1.78 bits per heavy atom. The van der Waals surface area contributed by atoms with Gasteiger partial charge in [0.2, 0.25) is 0 Å². The lowest BCUT2D eigenvalue weighted by atomic mass is 9.42. The Balaban J connectivity index is 1.03. The molecule has 0 bridgehead atoms. The maximum absolute atomic E-state index is 12.7. The number of aliphatic hydroxyl groups excluding tert-OH is 2. The third kappa shape index (κ3) is 6.69. The average Bonchev–Trinajstić information content (AvgIpc) is 3.51. The number of pyridine rings is 1. The first-order chi connectivity index (χ1) is 25.7. The molecule has 5 N–H and O–H groups in total. The lowest BCUT2D eigenvalue weighted by Crippen LogP contribution is -2.63. The summed E-state index contributed by atoms with van der Waals surface area (Å²) in [6.07, 6.45) is 4.72. The van der Waals surface area contributed by atoms with Gasteiger partial charge in [-0.05, 0) is 128 Å². The summed E-state index contributed by atoms with van der Waals surface area (Å²) in [6, 6.07) is 15.6. The minimum atomic E-state index is -1.17. The van der Waals surface area contributed by atoms with E-state index >= 15 is 0 Å². The molecule has 9 heteroatoms. The Labute approximate surface area is 318 Å². The molecule has 0 saturated heterocycles. The monoisotopic (exact) mass is 736 g/mol. The number of benzene rings is 2. The number of nitrogens with zero attached hydrogens (tertiary/aromatic N) is 1. The molecule has 4 saturated carbocycles. The van der Waals surface area contributed by atoms with Crippen molar-refractivity contribution in [2.24, 2.45) is 46.3 Å². The van der Waals surface area contributed by atoms with Gasteiger partial charge in [0.05, 0.1) is 36.2 Å². The minimum absolute atomic E-state index is 0.0845. The zero-order chi connectivity index (χ0) is 38.6. The molecular weight excluding hydrogens is 681 g/mol. The SMILES string of the molecule is COC(=O)c1c(C)nc2ccccc2c1NCc1ccc(C#CC2(O)CCC3(C)C(CC(O)C4C3CC(O)C3(C)C4CC[C@@H]3C(C)CCC(=O)O)C2)cc1. The molecule has 0 amide bonds. The van der Waals surface area contributed by atoms with Crippen molar-refractivity contribution in [3.8, 4) is 11.8 Å². The number of ether oxygens (including phenoxy) is 1. The van der Waals surface area contributed by atoms with E-state index in [1.54, 1.807) is 6.92 Å². The summed E-state index contributed by atoms with van der Waals surface area (Å²) in [6.45, 7) is 8.94. The molecule has 7 rings (SSSR count). The lowest BCUT2D eigenvalue weighted by Gasteiger charge is -2.64. The van der Waals surface area contributed by atoms with E-state index in [-0.39, 0.29) is 52.8 Å². The summed E-state index contributed by atoms with van der Waals surface area (Å²) in [4.78, 5) is 28.6. The van der Waals surface area contributed by atoms with E-state index in [1.807, 2.05) is 48.5 Å². The van der Waals surface area contributed by atoms with Crippen LogP contribution in [-0.2, 0) is 16.1 Å². The van der Waals surface area contributed by atoms with Crippen LogP contribution in [0.25, 0.3) is 10.9 Å². The highest BCUT2D eigenvalue weighted by Gasteiger charge is 2.66. The molecule has 4 fully saturated rings. The number of carbonyl (C=O) groups excluding carboxylic acids is 1. The second-order valence-electron chi connectivity index (χ2n) is 17.5. The maximum atomic E-state index is 12.7. The van der Waals surface area contributed by atoms with Gasteiger partial charge in [-0.15, -0.1) is 0 Å². The molecular formula is C45H56N2O7. The molecule has 1 heterocycles. The van der Waals surface area contributed by atoms with Crippen molar-refractivity contribution in [3.05, 3.63) is 70.9 Å². The normalized spacial score (nSPS) is 34.8. The summed E-state index contributed by atoms with van der Waals surface area (Å²) < 4.78 is 5.08. The molecule has 3 aromatic rings. The third-order valence-electron chi connectivity index (χ3n) is 14.7. The van der Waals surface area contributed by atoms with Gasteiger partial charge < -0.3 is 30.5 Å². The molecule has 11 atom stereocenters. The number of carboxylic acids is 1. The molecule has 0 spiro atoms. The number of methoxy groups -OCH3 is 1. The first-order valence-electron chi connectivity index (χ1n) is 19.8. The van der Waals surface area contributed by atoms with Gasteiger partial charge >= 0.3 is 11.9 Å². The number of aliphatic hydroxyl groups is 3. The number of esters is 1. The first-order valence-corrected chi connectivity index (χ1v) is 19.8. The van der Waals surface area contributed by atoms with Crippen molar-refractivity contribution in [1.82, 2.24) is 4.98 Å². The number of fused-ring (bicyclic) bond motifs is 6. The number of nitrogens with one attached hydrogen (secondary N) is 1.